The van der Waals surface area contributed by atoms with Gasteiger partial charge in [0.05, 0.1) is 13.2 Å². The number of carbonyl (C=O) groups excluding carboxylic acids is 1. The summed E-state index contributed by atoms with van der Waals surface area (Å²) >= 11 is 0. The smallest absolute Gasteiger partial charge is 0.322 e. The number of hydrogen-bond acceptors (Lipinski definition) is 2. The van der Waals surface area contributed by atoms with Crippen molar-refractivity contribution >= 4 is 11.5 Å². The molecule has 12 heavy (non-hydrogen) atoms. The fourth-order valence-corrected chi connectivity index (χ4v) is 0.421. The number of ketones is 1. The molecular weight excluding hydrogens is 173 g/mol. The van der Waals surface area contributed by atoms with Gasteiger partial charge in [-0.1, -0.05) is 0 Å². The second-order valence-electron chi connectivity index (χ2n) is 1.93. The van der Waals surface area contributed by atoms with Gasteiger partial charge in [-0.05, 0) is 0 Å². The molecule has 0 bridgehead atoms. The van der Waals surface area contributed by atoms with Crippen LogP contribution in [-0.2, 0) is 4.79 Å². The molecule has 0 saturated carbocycles. The van der Waals surface area contributed by atoms with Crippen molar-refractivity contribution in [1.82, 2.24) is 0 Å². The summed E-state index contributed by atoms with van der Waals surface area (Å²) in [6.45, 7) is 0. The first kappa shape index (κ1) is 10.8. The molecule has 0 saturated heterocycles. The maximum absolute atomic E-state index is 11.6. The van der Waals surface area contributed by atoms with E-state index in [1.807, 2.05) is 0 Å². The van der Waals surface area contributed by atoms with E-state index in [0.29, 0.717) is 0 Å². The average molecular weight is 181 g/mol. The second-order valence-corrected chi connectivity index (χ2v) is 1.93. The molecule has 0 aromatic rings. The van der Waals surface area contributed by atoms with Gasteiger partial charge in [0, 0.05) is 6.08 Å². The molecule has 0 aliphatic rings. The van der Waals surface area contributed by atoms with Crippen LogP contribution >= 0.6 is 0 Å². The monoisotopic (exact) mass is 181 g/mol. The van der Waals surface area contributed by atoms with Crippen molar-refractivity contribution in [2.24, 2.45) is 0 Å². The van der Waals surface area contributed by atoms with Crippen molar-refractivity contribution in [2.45, 2.75) is 6.18 Å². The summed E-state index contributed by atoms with van der Waals surface area (Å²) in [5.74, 6) is -2.12. The molecule has 0 aliphatic carbocycles. The number of rotatable bonds is 3. The number of halogens is 3. The minimum Gasteiger partial charge on any atom is -0.322 e. The molecule has 0 aromatic heterocycles. The Labute approximate surface area is 66.8 Å². The maximum atomic E-state index is 11.6. The number of nitrogens with two attached hydrogens (primary N) is 1. The third-order valence-corrected chi connectivity index (χ3v) is 0.957. The molecule has 0 fully saturated rings. The van der Waals surface area contributed by atoms with Gasteiger partial charge >= 0.3 is 6.18 Å². The maximum Gasteiger partial charge on any atom is 0.456 e. The lowest BCUT2D eigenvalue weighted by Crippen LogP contribution is -2.72. The van der Waals surface area contributed by atoms with Crippen LogP contribution < -0.4 is 5.32 Å². The molecule has 0 rings (SSSR count). The van der Waals surface area contributed by atoms with Crippen LogP contribution in [0.5, 0.6) is 0 Å². The molecule has 0 amide bonds. The molecule has 3 nitrogen and oxygen atoms in total. The molecule has 68 valence electrons. The van der Waals surface area contributed by atoms with Crippen LogP contribution in [0, 0.1) is 5.41 Å². The van der Waals surface area contributed by atoms with Gasteiger partial charge in [-0.15, -0.1) is 0 Å². The summed E-state index contributed by atoms with van der Waals surface area (Å²) in [6, 6.07) is 0. The predicted molar refractivity (Wildman–Crippen MR) is 35.8 cm³/mol. The summed E-state index contributed by atoms with van der Waals surface area (Å²) in [7, 11) is 1.57. The Morgan fingerprint density at radius 3 is 2.33 bits per heavy atom. The minimum absolute atomic E-state index is 0.801. The van der Waals surface area contributed by atoms with Gasteiger partial charge in [-0.3, -0.25) is 10.2 Å². The zero-order valence-corrected chi connectivity index (χ0v) is 6.27. The van der Waals surface area contributed by atoms with Crippen molar-refractivity contribution in [3.05, 3.63) is 12.3 Å². The lowest BCUT2D eigenvalue weighted by Gasteiger charge is -2.01. The van der Waals surface area contributed by atoms with E-state index in [0.717, 1.165) is 6.08 Å². The van der Waals surface area contributed by atoms with E-state index in [1.54, 1.807) is 7.05 Å². The zero-order chi connectivity index (χ0) is 9.78. The molecule has 0 unspecified atom stereocenters. The highest BCUT2D eigenvalue weighted by atomic mass is 19.4. The number of quaternary nitrogens is 1. The Morgan fingerprint density at radius 2 is 2.00 bits per heavy atom. The largest absolute Gasteiger partial charge is 0.456 e. The summed E-state index contributed by atoms with van der Waals surface area (Å²) in [6.07, 6.45) is -2.95. The van der Waals surface area contributed by atoms with Gasteiger partial charge in [0.2, 0.25) is 0 Å². The van der Waals surface area contributed by atoms with Crippen molar-refractivity contribution in [3.8, 4) is 0 Å². The quantitative estimate of drug-likeness (QED) is 0.584. The molecule has 3 N–H and O–H groups in total. The number of nitrogens with one attached hydrogen (secondary N) is 1. The minimum atomic E-state index is -4.95. The summed E-state index contributed by atoms with van der Waals surface area (Å²) in [5.41, 5.74) is -1.06. The SMILES string of the molecule is C[NH2+]C=CC(=N)C(=O)C(F)(F)F. The first-order valence-corrected chi connectivity index (χ1v) is 3.05. The topological polar surface area (TPSA) is 57.5 Å². The Morgan fingerprint density at radius 1 is 1.50 bits per heavy atom. The second kappa shape index (κ2) is 4.01. The normalized spacial score (nSPS) is 12.0. The van der Waals surface area contributed by atoms with E-state index in [4.69, 9.17) is 5.41 Å². The van der Waals surface area contributed by atoms with Crippen LogP contribution in [0.1, 0.15) is 0 Å². The first-order chi connectivity index (χ1) is 5.39. The Hall–Kier alpha value is -1.17. The Bertz CT molecular complexity index is 219. The van der Waals surface area contributed by atoms with Gasteiger partial charge < -0.3 is 5.32 Å². The van der Waals surface area contributed by atoms with E-state index >= 15 is 0 Å². The van der Waals surface area contributed by atoms with Crippen molar-refractivity contribution in [1.29, 1.82) is 5.41 Å². The van der Waals surface area contributed by atoms with Crippen molar-refractivity contribution < 1.29 is 23.3 Å². The molecule has 0 aromatic carbocycles. The molecule has 0 radical (unpaired) electrons. The summed E-state index contributed by atoms with van der Waals surface area (Å²) in [4.78, 5) is 10.3. The fourth-order valence-electron chi connectivity index (χ4n) is 0.421. The van der Waals surface area contributed by atoms with Crippen LogP contribution in [0.15, 0.2) is 12.3 Å². The summed E-state index contributed by atoms with van der Waals surface area (Å²) < 4.78 is 34.8. The van der Waals surface area contributed by atoms with Crippen molar-refractivity contribution in [3.63, 3.8) is 0 Å². The zero-order valence-electron chi connectivity index (χ0n) is 6.27. The van der Waals surface area contributed by atoms with E-state index in [-0.39, 0.29) is 0 Å². The third-order valence-electron chi connectivity index (χ3n) is 0.957. The number of alkyl halides is 3. The first-order valence-electron chi connectivity index (χ1n) is 3.05. The molecular formula is C6H8F3N2O+. The van der Waals surface area contributed by atoms with Gasteiger partial charge in [0.25, 0.3) is 5.78 Å². The fraction of sp³-hybridized carbons (Fsp3) is 0.333. The number of hydrogen-bond donors (Lipinski definition) is 2. The van der Waals surface area contributed by atoms with Gasteiger partial charge in [-0.2, -0.15) is 13.2 Å². The highest BCUT2D eigenvalue weighted by molar-refractivity contribution is 6.44. The number of Topliss-reactive ketones (excluding diaryl/α,β-unsaturated/α-hetero) is 1. The highest BCUT2D eigenvalue weighted by Crippen LogP contribution is 2.16. The molecule has 0 atom stereocenters. The van der Waals surface area contributed by atoms with Crippen molar-refractivity contribution in [2.75, 3.05) is 7.05 Å². The molecule has 6 heteroatoms. The number of carbonyl (C=O) groups is 1. The molecule has 0 heterocycles. The van der Waals surface area contributed by atoms with Crippen LogP contribution in [0.4, 0.5) is 13.2 Å². The van der Waals surface area contributed by atoms with Gasteiger partial charge in [0.1, 0.15) is 5.71 Å². The van der Waals surface area contributed by atoms with Crippen LogP contribution in [0.25, 0.3) is 0 Å². The highest BCUT2D eigenvalue weighted by Gasteiger charge is 2.40. The predicted octanol–water partition coefficient (Wildman–Crippen LogP) is -0.156. The van der Waals surface area contributed by atoms with E-state index in [2.05, 4.69) is 0 Å². The van der Waals surface area contributed by atoms with E-state index in [9.17, 15) is 18.0 Å². The molecule has 0 spiro atoms. The van der Waals surface area contributed by atoms with Crippen LogP contribution in [0.2, 0.25) is 0 Å². The summed E-state index contributed by atoms with van der Waals surface area (Å²) in [5, 5.41) is 8.11. The lowest BCUT2D eigenvalue weighted by molar-refractivity contribution is -0.556. The standard InChI is InChI=1S/C6H7F3N2O/c1-11-3-2-4(10)5(12)6(7,8)9/h2-3,10-11H,1H3/p+1. The third kappa shape index (κ3) is 3.29. The van der Waals surface area contributed by atoms with Gasteiger partial charge in [0.15, 0.2) is 0 Å². The Balaban J connectivity index is 4.32. The van der Waals surface area contributed by atoms with E-state index < -0.39 is 17.7 Å². The van der Waals surface area contributed by atoms with Crippen LogP contribution in [-0.4, -0.2) is 24.7 Å². The number of allylic oxidation sites excluding steroid dienone is 1. The molecule has 0 aliphatic heterocycles. The Kier molecular flexibility index (Phi) is 3.62. The lowest BCUT2D eigenvalue weighted by atomic mass is 10.2. The van der Waals surface area contributed by atoms with Crippen LogP contribution in [0.3, 0.4) is 0 Å². The van der Waals surface area contributed by atoms with Gasteiger partial charge in [-0.25, -0.2) is 0 Å². The average Bonchev–Trinajstić information content (AvgIpc) is 1.97. The van der Waals surface area contributed by atoms with E-state index in [1.165, 1.54) is 11.5 Å².